The molecule has 1 aliphatic rings. The molecule has 2 atom stereocenters. The third kappa shape index (κ3) is 4.23. The quantitative estimate of drug-likeness (QED) is 0.855. The van der Waals surface area contributed by atoms with E-state index in [1.54, 1.807) is 0 Å². The van der Waals surface area contributed by atoms with Gasteiger partial charge in [-0.25, -0.2) is 0 Å². The number of anilines is 1. The first-order valence-corrected chi connectivity index (χ1v) is 9.79. The standard InChI is InChI=1S/C22H28N4O/c1-16-9-7-8-12-25(16)15-21(27)24-22-20(13-23)17(2)18(3)26(22)14-19-10-5-4-6-11-19/h4-6,10-11,16H,7-9,12,14-15H2,1-3H3,(H,24,27)/p+1/t16-/m1/s1. The van der Waals surface area contributed by atoms with Gasteiger partial charge < -0.3 is 14.8 Å². The molecule has 1 unspecified atom stereocenters. The fraction of sp³-hybridized carbons (Fsp3) is 0.455. The Kier molecular flexibility index (Phi) is 5.98. The maximum Gasteiger partial charge on any atom is 0.280 e. The summed E-state index contributed by atoms with van der Waals surface area (Å²) >= 11 is 0. The summed E-state index contributed by atoms with van der Waals surface area (Å²) < 4.78 is 2.05. The second-order valence-electron chi connectivity index (χ2n) is 7.65. The number of rotatable bonds is 5. The van der Waals surface area contributed by atoms with Crippen molar-refractivity contribution < 1.29 is 9.69 Å². The number of nitrogens with one attached hydrogen (secondary N) is 2. The van der Waals surface area contributed by atoms with Gasteiger partial charge in [-0.2, -0.15) is 5.26 Å². The predicted molar refractivity (Wildman–Crippen MR) is 107 cm³/mol. The summed E-state index contributed by atoms with van der Waals surface area (Å²) in [6.45, 7) is 8.31. The van der Waals surface area contributed by atoms with Crippen molar-refractivity contribution >= 4 is 11.7 Å². The molecule has 0 radical (unpaired) electrons. The van der Waals surface area contributed by atoms with Crippen LogP contribution < -0.4 is 10.2 Å². The van der Waals surface area contributed by atoms with Gasteiger partial charge in [-0.3, -0.25) is 4.79 Å². The zero-order valence-corrected chi connectivity index (χ0v) is 16.5. The molecule has 0 saturated carbocycles. The zero-order valence-electron chi connectivity index (χ0n) is 16.5. The molecule has 1 aromatic heterocycles. The fourth-order valence-electron chi connectivity index (χ4n) is 3.99. The Morgan fingerprint density at radius 2 is 2.04 bits per heavy atom. The highest BCUT2D eigenvalue weighted by Gasteiger charge is 2.26. The van der Waals surface area contributed by atoms with Crippen molar-refractivity contribution in [2.24, 2.45) is 0 Å². The number of likely N-dealkylation sites (tertiary alicyclic amines) is 1. The van der Waals surface area contributed by atoms with Crippen LogP contribution >= 0.6 is 0 Å². The van der Waals surface area contributed by atoms with Crippen LogP contribution in [-0.2, 0) is 11.3 Å². The maximum absolute atomic E-state index is 12.8. The van der Waals surface area contributed by atoms with Gasteiger partial charge in [0.05, 0.1) is 18.2 Å². The highest BCUT2D eigenvalue weighted by molar-refractivity contribution is 5.92. The molecule has 2 heterocycles. The first-order valence-electron chi connectivity index (χ1n) is 9.79. The summed E-state index contributed by atoms with van der Waals surface area (Å²) in [6, 6.07) is 12.9. The monoisotopic (exact) mass is 365 g/mol. The Hall–Kier alpha value is -2.58. The van der Waals surface area contributed by atoms with Crippen molar-refractivity contribution in [3.63, 3.8) is 0 Å². The summed E-state index contributed by atoms with van der Waals surface area (Å²) in [5.74, 6) is 0.618. The van der Waals surface area contributed by atoms with Crippen molar-refractivity contribution in [1.82, 2.24) is 4.57 Å². The SMILES string of the molecule is Cc1c(C#N)c(NC(=O)C[NH+]2CCCC[C@H]2C)n(Cc2ccccc2)c1C. The van der Waals surface area contributed by atoms with Crippen LogP contribution in [0.1, 0.15) is 48.6 Å². The Labute approximate surface area is 161 Å². The van der Waals surface area contributed by atoms with E-state index in [2.05, 4.69) is 35.0 Å². The van der Waals surface area contributed by atoms with Crippen molar-refractivity contribution in [3.8, 4) is 6.07 Å². The number of benzene rings is 1. The van der Waals surface area contributed by atoms with E-state index in [-0.39, 0.29) is 5.91 Å². The molecule has 0 aliphatic carbocycles. The number of hydrogen-bond donors (Lipinski definition) is 2. The summed E-state index contributed by atoms with van der Waals surface area (Å²) in [4.78, 5) is 14.1. The van der Waals surface area contributed by atoms with E-state index in [4.69, 9.17) is 0 Å². The molecule has 1 aliphatic heterocycles. The third-order valence-corrected chi connectivity index (χ3v) is 5.85. The van der Waals surface area contributed by atoms with Crippen LogP contribution in [0.25, 0.3) is 0 Å². The van der Waals surface area contributed by atoms with Gasteiger partial charge in [0.25, 0.3) is 5.91 Å². The summed E-state index contributed by atoms with van der Waals surface area (Å²) in [5.41, 5.74) is 3.66. The zero-order chi connectivity index (χ0) is 19.4. The second-order valence-corrected chi connectivity index (χ2v) is 7.65. The van der Waals surface area contributed by atoms with E-state index in [0.29, 0.717) is 30.5 Å². The maximum atomic E-state index is 12.8. The topological polar surface area (TPSA) is 62.3 Å². The van der Waals surface area contributed by atoms with Crippen LogP contribution in [0, 0.1) is 25.2 Å². The van der Waals surface area contributed by atoms with Crippen LogP contribution in [-0.4, -0.2) is 29.6 Å². The van der Waals surface area contributed by atoms with Crippen molar-refractivity contribution in [3.05, 3.63) is 52.7 Å². The molecule has 1 amide bonds. The number of quaternary nitrogens is 1. The molecule has 5 heteroatoms. The van der Waals surface area contributed by atoms with Crippen LogP contribution in [0.4, 0.5) is 5.82 Å². The van der Waals surface area contributed by atoms with Gasteiger partial charge >= 0.3 is 0 Å². The van der Waals surface area contributed by atoms with E-state index in [1.807, 2.05) is 32.0 Å². The molecule has 0 spiro atoms. The van der Waals surface area contributed by atoms with Crippen molar-refractivity contribution in [2.45, 2.75) is 52.6 Å². The predicted octanol–water partition coefficient (Wildman–Crippen LogP) is 2.42. The molecule has 1 aromatic carbocycles. The number of carbonyl (C=O) groups is 1. The number of nitriles is 1. The second kappa shape index (κ2) is 8.41. The molecular formula is C22H29N4O+. The van der Waals surface area contributed by atoms with E-state index in [0.717, 1.165) is 23.4 Å². The van der Waals surface area contributed by atoms with Gasteiger partial charge in [-0.15, -0.1) is 0 Å². The Bertz CT molecular complexity index is 847. The van der Waals surface area contributed by atoms with Crippen LogP contribution in [0.15, 0.2) is 30.3 Å². The molecule has 2 N–H and O–H groups in total. The Morgan fingerprint density at radius 3 is 2.70 bits per heavy atom. The third-order valence-electron chi connectivity index (χ3n) is 5.85. The van der Waals surface area contributed by atoms with E-state index >= 15 is 0 Å². The Morgan fingerprint density at radius 1 is 1.30 bits per heavy atom. The van der Waals surface area contributed by atoms with Crippen molar-refractivity contribution in [2.75, 3.05) is 18.4 Å². The molecular weight excluding hydrogens is 336 g/mol. The van der Waals surface area contributed by atoms with Crippen LogP contribution in [0.5, 0.6) is 0 Å². The molecule has 1 fully saturated rings. The largest absolute Gasteiger partial charge is 0.326 e. The number of carbonyl (C=O) groups excluding carboxylic acids is 1. The number of piperidine rings is 1. The molecule has 0 bridgehead atoms. The van der Waals surface area contributed by atoms with Gasteiger partial charge in [0.1, 0.15) is 11.9 Å². The lowest BCUT2D eigenvalue weighted by atomic mass is 10.0. The number of aromatic nitrogens is 1. The molecule has 5 nitrogen and oxygen atoms in total. The van der Waals surface area contributed by atoms with Gasteiger partial charge in [-0.1, -0.05) is 30.3 Å². The molecule has 3 rings (SSSR count). The number of amides is 1. The first kappa shape index (κ1) is 19.2. The number of nitrogens with zero attached hydrogens (tertiary/aromatic N) is 2. The van der Waals surface area contributed by atoms with E-state index < -0.39 is 0 Å². The summed E-state index contributed by atoms with van der Waals surface area (Å²) in [7, 11) is 0. The lowest BCUT2D eigenvalue weighted by Gasteiger charge is -2.29. The fourth-order valence-corrected chi connectivity index (χ4v) is 3.99. The van der Waals surface area contributed by atoms with Gasteiger partial charge in [0.15, 0.2) is 6.54 Å². The average Bonchev–Trinajstić information content (AvgIpc) is 2.88. The smallest absolute Gasteiger partial charge is 0.280 e. The minimum Gasteiger partial charge on any atom is -0.326 e. The summed E-state index contributed by atoms with van der Waals surface area (Å²) in [6.07, 6.45) is 3.61. The lowest BCUT2D eigenvalue weighted by Crippen LogP contribution is -3.17. The van der Waals surface area contributed by atoms with Gasteiger partial charge in [0.2, 0.25) is 0 Å². The van der Waals surface area contributed by atoms with Crippen LogP contribution in [0.2, 0.25) is 0 Å². The minimum absolute atomic E-state index is 0.0120. The van der Waals surface area contributed by atoms with Crippen molar-refractivity contribution in [1.29, 1.82) is 5.26 Å². The molecule has 2 aromatic rings. The molecule has 27 heavy (non-hydrogen) atoms. The molecule has 1 saturated heterocycles. The van der Waals surface area contributed by atoms with Gasteiger partial charge in [0, 0.05) is 12.2 Å². The highest BCUT2D eigenvalue weighted by Crippen LogP contribution is 2.27. The normalized spacial score (nSPS) is 19.5. The van der Waals surface area contributed by atoms with Gasteiger partial charge in [-0.05, 0) is 51.2 Å². The first-order chi connectivity index (χ1) is 13.0. The molecule has 142 valence electrons. The summed E-state index contributed by atoms with van der Waals surface area (Å²) in [5, 5.41) is 12.7. The number of hydrogen-bond acceptors (Lipinski definition) is 2. The highest BCUT2D eigenvalue weighted by atomic mass is 16.2. The Balaban J connectivity index is 1.84. The van der Waals surface area contributed by atoms with Crippen LogP contribution in [0.3, 0.4) is 0 Å². The van der Waals surface area contributed by atoms with E-state index in [1.165, 1.54) is 24.2 Å². The minimum atomic E-state index is -0.0120. The van der Waals surface area contributed by atoms with E-state index in [9.17, 15) is 10.1 Å². The average molecular weight is 366 g/mol. The lowest BCUT2D eigenvalue weighted by molar-refractivity contribution is -0.920.